The van der Waals surface area contributed by atoms with Crippen molar-refractivity contribution in [3.05, 3.63) is 39.7 Å². The van der Waals surface area contributed by atoms with Gasteiger partial charge in [0.2, 0.25) is 0 Å². The van der Waals surface area contributed by atoms with Gasteiger partial charge in [-0.25, -0.2) is 14.4 Å². The molecule has 0 fully saturated rings. The average molecular weight is 436 g/mol. The predicted octanol–water partition coefficient (Wildman–Crippen LogP) is 4.22. The molecule has 7 nitrogen and oxygen atoms in total. The Balaban J connectivity index is 2.35. The fourth-order valence-corrected chi connectivity index (χ4v) is 3.41. The van der Waals surface area contributed by atoms with Gasteiger partial charge in [-0.2, -0.15) is 11.8 Å². The van der Waals surface area contributed by atoms with Crippen LogP contribution in [0.25, 0.3) is 11.0 Å². The summed E-state index contributed by atoms with van der Waals surface area (Å²) in [6, 6.07) is 3.98. The number of benzene rings is 1. The van der Waals surface area contributed by atoms with Crippen molar-refractivity contribution in [3.63, 3.8) is 0 Å². The predicted molar refractivity (Wildman–Crippen MR) is 118 cm³/mol. The third kappa shape index (κ3) is 6.52. The third-order valence-electron chi connectivity index (χ3n) is 4.21. The summed E-state index contributed by atoms with van der Waals surface area (Å²) in [4.78, 5) is 37.0. The van der Waals surface area contributed by atoms with Gasteiger partial charge in [-0.1, -0.05) is 6.92 Å². The van der Waals surface area contributed by atoms with E-state index in [-0.39, 0.29) is 0 Å². The molecule has 0 aliphatic carbocycles. The van der Waals surface area contributed by atoms with Crippen molar-refractivity contribution in [2.45, 2.75) is 59.1 Å². The van der Waals surface area contributed by atoms with E-state index in [1.807, 2.05) is 20.1 Å². The summed E-state index contributed by atoms with van der Waals surface area (Å²) in [5.74, 6) is 0.352. The fourth-order valence-electron chi connectivity index (χ4n) is 2.94. The Hall–Kier alpha value is -2.48. The van der Waals surface area contributed by atoms with Crippen molar-refractivity contribution in [1.29, 1.82) is 0 Å². The summed E-state index contributed by atoms with van der Waals surface area (Å²) in [6.07, 6.45) is 2.19. The molecule has 0 unspecified atom stereocenters. The number of aryl methyl sites for hydroxylation is 2. The van der Waals surface area contributed by atoms with Crippen LogP contribution in [0.2, 0.25) is 0 Å². The highest BCUT2D eigenvalue weighted by Gasteiger charge is 2.26. The summed E-state index contributed by atoms with van der Waals surface area (Å²) < 4.78 is 16.3. The molecule has 2 rings (SSSR count). The molecule has 1 atom stereocenters. The molecule has 0 aliphatic rings. The van der Waals surface area contributed by atoms with Gasteiger partial charge in [0.25, 0.3) is 0 Å². The van der Waals surface area contributed by atoms with Gasteiger partial charge in [0, 0.05) is 6.07 Å². The van der Waals surface area contributed by atoms with Crippen LogP contribution in [0.5, 0.6) is 5.75 Å². The molecule has 1 heterocycles. The molecule has 1 N–H and O–H groups in total. The van der Waals surface area contributed by atoms with Crippen LogP contribution in [-0.4, -0.2) is 35.7 Å². The number of alkyl carbamates (subject to hydrolysis) is 1. The highest BCUT2D eigenvalue weighted by molar-refractivity contribution is 7.98. The first-order valence-electron chi connectivity index (χ1n) is 9.81. The van der Waals surface area contributed by atoms with Crippen LogP contribution in [0.4, 0.5) is 4.79 Å². The maximum atomic E-state index is 12.9. The minimum absolute atomic E-state index is 0.302. The van der Waals surface area contributed by atoms with Crippen molar-refractivity contribution < 1.29 is 23.5 Å². The lowest BCUT2D eigenvalue weighted by Gasteiger charge is -2.23. The Morgan fingerprint density at radius 2 is 1.93 bits per heavy atom. The van der Waals surface area contributed by atoms with Crippen molar-refractivity contribution in [2.24, 2.45) is 0 Å². The number of nitrogens with one attached hydrogen (secondary N) is 1. The summed E-state index contributed by atoms with van der Waals surface area (Å²) in [6.45, 7) is 8.98. The van der Waals surface area contributed by atoms with Crippen molar-refractivity contribution in [1.82, 2.24) is 5.32 Å². The largest absolute Gasteiger partial charge is 0.444 e. The quantitative estimate of drug-likeness (QED) is 0.395. The van der Waals surface area contributed by atoms with Gasteiger partial charge in [0.15, 0.2) is 0 Å². The number of hydrogen-bond acceptors (Lipinski definition) is 7. The lowest BCUT2D eigenvalue weighted by Crippen LogP contribution is -2.45. The number of rotatable bonds is 7. The molecule has 1 aromatic carbocycles. The summed E-state index contributed by atoms with van der Waals surface area (Å²) in [7, 11) is 0. The van der Waals surface area contributed by atoms with Crippen molar-refractivity contribution in [2.75, 3.05) is 12.0 Å². The number of ether oxygens (including phenoxy) is 2. The van der Waals surface area contributed by atoms with E-state index >= 15 is 0 Å². The monoisotopic (exact) mass is 435 g/mol. The SMILES string of the molecule is CCc1cc(=O)oc2cc(C)cc(OC(=O)[C@@H](CCSC)NC(=O)OC(C)(C)C)c12. The smallest absolute Gasteiger partial charge is 0.408 e. The molecular weight excluding hydrogens is 406 g/mol. The summed E-state index contributed by atoms with van der Waals surface area (Å²) in [5.41, 5.74) is 0.736. The van der Waals surface area contributed by atoms with E-state index in [1.165, 1.54) is 6.07 Å². The number of esters is 1. The molecular formula is C22H29NO6S. The maximum Gasteiger partial charge on any atom is 0.408 e. The second-order valence-corrected chi connectivity index (χ2v) is 8.97. The minimum Gasteiger partial charge on any atom is -0.444 e. The fraction of sp³-hybridized carbons (Fsp3) is 0.500. The van der Waals surface area contributed by atoms with E-state index in [1.54, 1.807) is 44.7 Å². The second-order valence-electron chi connectivity index (χ2n) is 7.98. The first kappa shape index (κ1) is 23.8. The highest BCUT2D eigenvalue weighted by atomic mass is 32.2. The van der Waals surface area contributed by atoms with E-state index in [0.29, 0.717) is 35.3 Å². The highest BCUT2D eigenvalue weighted by Crippen LogP contribution is 2.30. The minimum atomic E-state index is -0.872. The number of carbonyl (C=O) groups excluding carboxylic acids is 2. The van der Waals surface area contributed by atoms with Crippen LogP contribution < -0.4 is 15.7 Å². The Morgan fingerprint density at radius 3 is 2.53 bits per heavy atom. The Kier molecular flexibility index (Phi) is 7.95. The number of fused-ring (bicyclic) bond motifs is 1. The molecule has 0 spiro atoms. The molecule has 8 heteroatoms. The van der Waals surface area contributed by atoms with Crippen LogP contribution in [0.1, 0.15) is 45.2 Å². The molecule has 0 saturated heterocycles. The van der Waals surface area contributed by atoms with E-state index in [9.17, 15) is 14.4 Å². The van der Waals surface area contributed by atoms with E-state index in [0.717, 1.165) is 11.1 Å². The molecule has 0 radical (unpaired) electrons. The molecule has 0 aliphatic heterocycles. The summed E-state index contributed by atoms with van der Waals surface area (Å²) in [5, 5.41) is 3.19. The number of amides is 1. The molecule has 1 amide bonds. The third-order valence-corrected chi connectivity index (χ3v) is 4.86. The molecule has 0 bridgehead atoms. The normalized spacial score (nSPS) is 12.5. The zero-order valence-electron chi connectivity index (χ0n) is 18.3. The first-order valence-corrected chi connectivity index (χ1v) is 11.2. The van der Waals surface area contributed by atoms with Gasteiger partial charge in [0.05, 0.1) is 5.39 Å². The maximum absolute atomic E-state index is 12.9. The van der Waals surface area contributed by atoms with Gasteiger partial charge in [0.1, 0.15) is 23.0 Å². The Labute approximate surface area is 180 Å². The van der Waals surface area contributed by atoms with Crippen LogP contribution in [0, 0.1) is 6.92 Å². The van der Waals surface area contributed by atoms with Gasteiger partial charge < -0.3 is 19.2 Å². The second kappa shape index (κ2) is 10.0. The standard InChI is InChI=1S/C22H29NO6S/c1-7-14-12-18(24)27-16-10-13(2)11-17(19(14)16)28-20(25)15(8-9-30-6)23-21(26)29-22(3,4)5/h10-12,15H,7-9H2,1-6H3,(H,23,26)/t15-/m1/s1. The lowest BCUT2D eigenvalue weighted by atomic mass is 10.0. The number of carbonyl (C=O) groups is 2. The van der Waals surface area contributed by atoms with Crippen LogP contribution in [0.15, 0.2) is 27.4 Å². The van der Waals surface area contributed by atoms with Gasteiger partial charge in [-0.15, -0.1) is 0 Å². The number of thioether (sulfide) groups is 1. The van der Waals surface area contributed by atoms with E-state index in [4.69, 9.17) is 13.9 Å². The molecule has 164 valence electrons. The first-order chi connectivity index (χ1) is 14.0. The topological polar surface area (TPSA) is 94.8 Å². The van der Waals surface area contributed by atoms with Crippen LogP contribution in [-0.2, 0) is 16.0 Å². The zero-order chi connectivity index (χ0) is 22.5. The molecule has 0 saturated carbocycles. The van der Waals surface area contributed by atoms with E-state index < -0.39 is 29.3 Å². The Bertz CT molecular complexity index is 976. The van der Waals surface area contributed by atoms with Crippen LogP contribution in [0.3, 0.4) is 0 Å². The summed E-state index contributed by atoms with van der Waals surface area (Å²) >= 11 is 1.56. The van der Waals surface area contributed by atoms with Gasteiger partial charge in [-0.3, -0.25) is 0 Å². The molecule has 30 heavy (non-hydrogen) atoms. The van der Waals surface area contributed by atoms with Crippen molar-refractivity contribution in [3.8, 4) is 5.75 Å². The van der Waals surface area contributed by atoms with Crippen molar-refractivity contribution >= 4 is 34.8 Å². The molecule has 1 aromatic heterocycles. The molecule has 2 aromatic rings. The lowest BCUT2D eigenvalue weighted by molar-refractivity contribution is -0.136. The number of hydrogen-bond donors (Lipinski definition) is 1. The van der Waals surface area contributed by atoms with Gasteiger partial charge in [-0.05, 0) is 75.8 Å². The zero-order valence-corrected chi connectivity index (χ0v) is 19.1. The van der Waals surface area contributed by atoms with Crippen LogP contribution >= 0.6 is 11.8 Å². The average Bonchev–Trinajstić information content (AvgIpc) is 2.62. The van der Waals surface area contributed by atoms with Gasteiger partial charge >= 0.3 is 17.7 Å². The Morgan fingerprint density at radius 1 is 1.23 bits per heavy atom. The van der Waals surface area contributed by atoms with E-state index in [2.05, 4.69) is 5.32 Å².